The summed E-state index contributed by atoms with van der Waals surface area (Å²) in [5.41, 5.74) is 0.574. The smallest absolute Gasteiger partial charge is 0.226 e. The number of hydrogen-bond donors (Lipinski definition) is 3. The van der Waals surface area contributed by atoms with Gasteiger partial charge in [-0.1, -0.05) is 0 Å². The van der Waals surface area contributed by atoms with Gasteiger partial charge in [-0.15, -0.1) is 0 Å². The Kier molecular flexibility index (Phi) is 2.47. The van der Waals surface area contributed by atoms with E-state index in [1.165, 1.54) is 0 Å². The van der Waals surface area contributed by atoms with Gasteiger partial charge >= 0.3 is 0 Å². The lowest BCUT2D eigenvalue weighted by Crippen LogP contribution is -2.07. The molecule has 2 aromatic rings. The molecule has 0 saturated heterocycles. The fourth-order valence-corrected chi connectivity index (χ4v) is 1.29. The molecule has 0 aromatic carbocycles. The van der Waals surface area contributed by atoms with Crippen LogP contribution in [0.5, 0.6) is 0 Å². The minimum Gasteiger partial charge on any atom is -0.395 e. The second-order valence-corrected chi connectivity index (χ2v) is 2.96. The first-order valence-electron chi connectivity index (χ1n) is 4.02. The molecule has 0 fully saturated rings. The lowest BCUT2D eigenvalue weighted by molar-refractivity contribution is 0.311. The first kappa shape index (κ1) is 9.17. The molecule has 3 N–H and O–H groups in total. The van der Waals surface area contributed by atoms with Gasteiger partial charge in [0.1, 0.15) is 5.82 Å². The number of rotatable bonds is 3. The van der Waals surface area contributed by atoms with Crippen LogP contribution in [0.1, 0.15) is 0 Å². The van der Waals surface area contributed by atoms with Crippen LogP contribution in [0.4, 0.5) is 5.82 Å². The lowest BCUT2D eigenvalue weighted by Gasteiger charge is -2.03. The molecule has 0 aliphatic carbocycles. The van der Waals surface area contributed by atoms with Crippen LogP contribution in [0, 0.1) is 0 Å². The van der Waals surface area contributed by atoms with Crippen molar-refractivity contribution in [2.75, 3.05) is 18.5 Å². The number of hydrogen-bond acceptors (Lipinski definition) is 5. The summed E-state index contributed by atoms with van der Waals surface area (Å²) in [4.78, 5) is 7.92. The summed E-state index contributed by atoms with van der Waals surface area (Å²) in [5, 5.41) is 19.0. The number of aliphatic hydroxyl groups excluding tert-OH is 1. The molecule has 0 aliphatic heterocycles. The summed E-state index contributed by atoms with van der Waals surface area (Å²) in [6.45, 7) is 0.439. The maximum absolute atomic E-state index is 8.66. The predicted octanol–water partition coefficient (Wildman–Crippen LogP) is 0.410. The van der Waals surface area contributed by atoms with Gasteiger partial charge in [-0.2, -0.15) is 15.1 Å². The molecule has 7 heteroatoms. The van der Waals surface area contributed by atoms with Crippen molar-refractivity contribution >= 4 is 28.5 Å². The van der Waals surface area contributed by atoms with Crippen molar-refractivity contribution in [2.24, 2.45) is 0 Å². The van der Waals surface area contributed by atoms with Crippen molar-refractivity contribution in [1.29, 1.82) is 0 Å². The highest BCUT2D eigenvalue weighted by molar-refractivity contribution is 6.28. The molecular weight excluding hydrogens is 206 g/mol. The zero-order valence-electron chi connectivity index (χ0n) is 7.16. The van der Waals surface area contributed by atoms with Crippen molar-refractivity contribution in [3.63, 3.8) is 0 Å². The molecular formula is C7H8ClN5O. The van der Waals surface area contributed by atoms with E-state index in [0.29, 0.717) is 18.0 Å². The highest BCUT2D eigenvalue weighted by Crippen LogP contribution is 2.19. The summed E-state index contributed by atoms with van der Waals surface area (Å²) in [6, 6.07) is 0. The molecule has 2 aromatic heterocycles. The molecule has 0 aliphatic rings. The number of anilines is 1. The largest absolute Gasteiger partial charge is 0.395 e. The van der Waals surface area contributed by atoms with Crippen LogP contribution in [-0.4, -0.2) is 38.4 Å². The number of halogens is 1. The van der Waals surface area contributed by atoms with Crippen molar-refractivity contribution in [1.82, 2.24) is 20.2 Å². The number of fused-ring (bicyclic) bond motifs is 1. The Labute approximate surface area is 84.3 Å². The van der Waals surface area contributed by atoms with Crippen LogP contribution in [0.3, 0.4) is 0 Å². The Hall–Kier alpha value is -1.40. The molecule has 14 heavy (non-hydrogen) atoms. The molecule has 2 heterocycles. The Morgan fingerprint density at radius 3 is 3.14 bits per heavy atom. The van der Waals surface area contributed by atoms with Crippen LogP contribution < -0.4 is 5.32 Å². The van der Waals surface area contributed by atoms with E-state index in [4.69, 9.17) is 16.7 Å². The quantitative estimate of drug-likeness (QED) is 0.643. The van der Waals surface area contributed by atoms with Gasteiger partial charge in [0.15, 0.2) is 5.65 Å². The van der Waals surface area contributed by atoms with Crippen LogP contribution in [0.2, 0.25) is 5.28 Å². The topological polar surface area (TPSA) is 86.7 Å². The fourth-order valence-electron chi connectivity index (χ4n) is 1.12. The molecule has 0 radical (unpaired) electrons. The maximum atomic E-state index is 8.66. The second-order valence-electron chi connectivity index (χ2n) is 2.62. The average molecular weight is 214 g/mol. The summed E-state index contributed by atoms with van der Waals surface area (Å²) >= 11 is 5.69. The molecule has 6 nitrogen and oxygen atoms in total. The number of aromatic amines is 1. The van der Waals surface area contributed by atoms with Crippen molar-refractivity contribution in [3.05, 3.63) is 11.5 Å². The molecule has 0 spiro atoms. The zero-order chi connectivity index (χ0) is 9.97. The van der Waals surface area contributed by atoms with Crippen LogP contribution in [0.15, 0.2) is 6.20 Å². The monoisotopic (exact) mass is 213 g/mol. The standard InChI is InChI=1S/C7H8ClN5O/c8-7-11-5(9-1-2-14)4-3-10-13-6(4)12-7/h3,14H,1-2H2,(H2,9,10,11,12,13). The third-order valence-electron chi connectivity index (χ3n) is 1.69. The number of H-pyrrole nitrogens is 1. The Bertz CT molecular complexity index is 443. The van der Waals surface area contributed by atoms with E-state index >= 15 is 0 Å². The third-order valence-corrected chi connectivity index (χ3v) is 1.86. The van der Waals surface area contributed by atoms with Crippen molar-refractivity contribution < 1.29 is 5.11 Å². The molecule has 74 valence electrons. The number of aromatic nitrogens is 4. The van der Waals surface area contributed by atoms with E-state index in [-0.39, 0.29) is 11.9 Å². The van der Waals surface area contributed by atoms with E-state index in [0.717, 1.165) is 5.39 Å². The number of nitrogens with zero attached hydrogens (tertiary/aromatic N) is 3. The summed E-state index contributed by atoms with van der Waals surface area (Å²) in [6.07, 6.45) is 1.60. The summed E-state index contributed by atoms with van der Waals surface area (Å²) < 4.78 is 0. The van der Waals surface area contributed by atoms with Crippen molar-refractivity contribution in [2.45, 2.75) is 0 Å². The number of nitrogens with one attached hydrogen (secondary N) is 2. The Morgan fingerprint density at radius 1 is 1.50 bits per heavy atom. The van der Waals surface area contributed by atoms with E-state index < -0.39 is 0 Å². The first-order valence-corrected chi connectivity index (χ1v) is 4.40. The molecule has 2 rings (SSSR count). The number of aliphatic hydroxyl groups is 1. The molecule has 0 amide bonds. The predicted molar refractivity (Wildman–Crippen MR) is 52.3 cm³/mol. The summed E-state index contributed by atoms with van der Waals surface area (Å²) in [7, 11) is 0. The van der Waals surface area contributed by atoms with E-state index in [9.17, 15) is 0 Å². The highest BCUT2D eigenvalue weighted by Gasteiger charge is 2.06. The second kappa shape index (κ2) is 3.77. The van der Waals surface area contributed by atoms with Gasteiger partial charge in [0, 0.05) is 6.54 Å². The van der Waals surface area contributed by atoms with Gasteiger partial charge in [0.2, 0.25) is 5.28 Å². The normalized spacial score (nSPS) is 10.7. The van der Waals surface area contributed by atoms with Gasteiger partial charge in [-0.05, 0) is 11.6 Å². The van der Waals surface area contributed by atoms with Gasteiger partial charge in [0.05, 0.1) is 18.2 Å². The van der Waals surface area contributed by atoms with Crippen molar-refractivity contribution in [3.8, 4) is 0 Å². The first-order chi connectivity index (χ1) is 6.81. The van der Waals surface area contributed by atoms with E-state index in [2.05, 4.69) is 25.5 Å². The fraction of sp³-hybridized carbons (Fsp3) is 0.286. The Balaban J connectivity index is 2.44. The van der Waals surface area contributed by atoms with Gasteiger partial charge < -0.3 is 10.4 Å². The van der Waals surface area contributed by atoms with Gasteiger partial charge in [0.25, 0.3) is 0 Å². The Morgan fingerprint density at radius 2 is 2.36 bits per heavy atom. The highest BCUT2D eigenvalue weighted by atomic mass is 35.5. The van der Waals surface area contributed by atoms with E-state index in [1.54, 1.807) is 6.20 Å². The van der Waals surface area contributed by atoms with Gasteiger partial charge in [-0.3, -0.25) is 5.10 Å². The van der Waals surface area contributed by atoms with Crippen LogP contribution in [-0.2, 0) is 0 Å². The minimum atomic E-state index is 0.0287. The van der Waals surface area contributed by atoms with Crippen LogP contribution >= 0.6 is 11.6 Å². The molecule has 0 saturated carbocycles. The SMILES string of the molecule is OCCNc1nc(Cl)nc2[nH]ncc12. The maximum Gasteiger partial charge on any atom is 0.226 e. The average Bonchev–Trinajstić information content (AvgIpc) is 2.61. The molecule has 0 bridgehead atoms. The van der Waals surface area contributed by atoms with Gasteiger partial charge in [-0.25, -0.2) is 0 Å². The van der Waals surface area contributed by atoms with Crippen LogP contribution in [0.25, 0.3) is 11.0 Å². The summed E-state index contributed by atoms with van der Waals surface area (Å²) in [5.74, 6) is 0.572. The van der Waals surface area contributed by atoms with E-state index in [1.807, 2.05) is 0 Å². The third kappa shape index (κ3) is 1.61. The molecule has 0 atom stereocenters. The lowest BCUT2D eigenvalue weighted by atomic mass is 10.4. The zero-order valence-corrected chi connectivity index (χ0v) is 7.91. The minimum absolute atomic E-state index is 0.0287. The molecule has 0 unspecified atom stereocenters.